The van der Waals surface area contributed by atoms with Crippen LogP contribution in [-0.2, 0) is 11.2 Å². The summed E-state index contributed by atoms with van der Waals surface area (Å²) in [4.78, 5) is 27.2. The number of benzene rings is 2. The van der Waals surface area contributed by atoms with Crippen molar-refractivity contribution >= 4 is 40.8 Å². The number of amides is 2. The maximum atomic E-state index is 13.5. The number of para-hydroxylation sites is 1. The number of thioether (sulfide) groups is 1. The number of rotatable bonds is 4. The van der Waals surface area contributed by atoms with Gasteiger partial charge in [0.1, 0.15) is 5.54 Å². The molecule has 2 heterocycles. The maximum absolute atomic E-state index is 13.5. The third kappa shape index (κ3) is 3.50. The topological polar surface area (TPSA) is 78.4 Å². The van der Waals surface area contributed by atoms with Crippen LogP contribution in [0.3, 0.4) is 0 Å². The summed E-state index contributed by atoms with van der Waals surface area (Å²) in [5.41, 5.74) is 0.225. The zero-order valence-electron chi connectivity index (χ0n) is 14.8. The summed E-state index contributed by atoms with van der Waals surface area (Å²) in [6.45, 7) is 0. The van der Waals surface area contributed by atoms with Crippen molar-refractivity contribution in [2.24, 2.45) is 0 Å². The fourth-order valence-electron chi connectivity index (χ4n) is 3.44. The summed E-state index contributed by atoms with van der Waals surface area (Å²) in [6.07, 6.45) is -0.977. The van der Waals surface area contributed by atoms with Crippen molar-refractivity contribution in [1.29, 1.82) is 0 Å². The molecule has 1 aliphatic rings. The van der Waals surface area contributed by atoms with E-state index in [4.69, 9.17) is 0 Å². The molecule has 0 saturated carbocycles. The first-order valence-electron chi connectivity index (χ1n) is 8.74. The van der Waals surface area contributed by atoms with E-state index >= 15 is 0 Å². The molecular formula is C21H18N2O3S2. The Labute approximate surface area is 170 Å². The van der Waals surface area contributed by atoms with Gasteiger partial charge in [-0.05, 0) is 29.1 Å². The Morgan fingerprint density at radius 1 is 1.07 bits per heavy atom. The highest BCUT2D eigenvalue weighted by Gasteiger charge is 2.50. The Bertz CT molecular complexity index is 992. The predicted molar refractivity (Wildman–Crippen MR) is 112 cm³/mol. The number of thiophene rings is 1. The number of anilines is 1. The first-order valence-corrected chi connectivity index (χ1v) is 10.5. The molecule has 2 aromatic carbocycles. The molecule has 0 unspecified atom stereocenters. The molecule has 0 bridgehead atoms. The van der Waals surface area contributed by atoms with E-state index in [1.54, 1.807) is 0 Å². The van der Waals surface area contributed by atoms with Gasteiger partial charge >= 0.3 is 6.09 Å². The summed E-state index contributed by atoms with van der Waals surface area (Å²) < 4.78 is 0. The minimum atomic E-state index is -1.36. The van der Waals surface area contributed by atoms with E-state index in [-0.39, 0.29) is 12.3 Å². The summed E-state index contributed by atoms with van der Waals surface area (Å²) in [5, 5.41) is 16.7. The number of fused-ring (bicyclic) bond motifs is 1. The maximum Gasteiger partial charge on any atom is 0.405 e. The lowest BCUT2D eigenvalue weighted by molar-refractivity contribution is -0.122. The molecule has 3 aromatic rings. The molecule has 3 N–H and O–H groups in total. The molecule has 7 heteroatoms. The molecule has 142 valence electrons. The second-order valence-electron chi connectivity index (χ2n) is 6.53. The SMILES string of the molecule is O=C(O)N[C@@]1(Cc2ccccc2)C(=O)Nc2ccccc2S[C@@H]1c1cccs1. The van der Waals surface area contributed by atoms with Crippen molar-refractivity contribution in [2.75, 3.05) is 5.32 Å². The smallest absolute Gasteiger partial charge is 0.405 e. The third-order valence-corrected chi connectivity index (χ3v) is 7.28. The quantitative estimate of drug-likeness (QED) is 0.578. The van der Waals surface area contributed by atoms with Gasteiger partial charge in [0.15, 0.2) is 0 Å². The normalized spacial score (nSPS) is 21.3. The fraction of sp³-hybridized carbons (Fsp3) is 0.143. The van der Waals surface area contributed by atoms with Crippen LogP contribution in [0.4, 0.5) is 10.5 Å². The van der Waals surface area contributed by atoms with Crippen LogP contribution < -0.4 is 10.6 Å². The molecule has 0 spiro atoms. The number of carboxylic acid groups (broad SMARTS) is 1. The van der Waals surface area contributed by atoms with Gasteiger partial charge in [-0.15, -0.1) is 23.1 Å². The number of nitrogens with one attached hydrogen (secondary N) is 2. The highest BCUT2D eigenvalue weighted by molar-refractivity contribution is 8.00. The van der Waals surface area contributed by atoms with Crippen LogP contribution in [0.2, 0.25) is 0 Å². The Kier molecular flexibility index (Phi) is 5.11. The predicted octanol–water partition coefficient (Wildman–Crippen LogP) is 4.78. The molecule has 1 aliphatic heterocycles. The van der Waals surface area contributed by atoms with Gasteiger partial charge in [-0.1, -0.05) is 48.5 Å². The van der Waals surface area contributed by atoms with E-state index in [0.29, 0.717) is 5.69 Å². The summed E-state index contributed by atoms with van der Waals surface area (Å²) in [7, 11) is 0. The van der Waals surface area contributed by atoms with Crippen molar-refractivity contribution in [2.45, 2.75) is 22.1 Å². The minimum Gasteiger partial charge on any atom is -0.465 e. The zero-order chi connectivity index (χ0) is 19.6. The highest BCUT2D eigenvalue weighted by Crippen LogP contribution is 2.50. The molecule has 2 atom stereocenters. The van der Waals surface area contributed by atoms with E-state index in [2.05, 4.69) is 10.6 Å². The van der Waals surface area contributed by atoms with E-state index in [1.807, 2.05) is 72.1 Å². The van der Waals surface area contributed by atoms with Crippen LogP contribution in [0.5, 0.6) is 0 Å². The van der Waals surface area contributed by atoms with Crippen molar-refractivity contribution in [3.8, 4) is 0 Å². The van der Waals surface area contributed by atoms with E-state index in [0.717, 1.165) is 15.3 Å². The van der Waals surface area contributed by atoms with Crippen LogP contribution in [0.15, 0.2) is 77.0 Å². The lowest BCUT2D eigenvalue weighted by Crippen LogP contribution is -2.60. The Balaban J connectivity index is 1.88. The van der Waals surface area contributed by atoms with Crippen LogP contribution in [0.1, 0.15) is 15.7 Å². The van der Waals surface area contributed by atoms with Crippen LogP contribution in [-0.4, -0.2) is 22.6 Å². The van der Waals surface area contributed by atoms with Gasteiger partial charge in [-0.25, -0.2) is 4.79 Å². The first-order chi connectivity index (χ1) is 13.6. The molecule has 1 aromatic heterocycles. The number of hydrogen-bond acceptors (Lipinski definition) is 4. The molecular weight excluding hydrogens is 392 g/mol. The monoisotopic (exact) mass is 410 g/mol. The summed E-state index contributed by atoms with van der Waals surface area (Å²) in [6, 6.07) is 20.9. The Morgan fingerprint density at radius 3 is 2.54 bits per heavy atom. The van der Waals surface area contributed by atoms with Crippen LogP contribution >= 0.6 is 23.1 Å². The molecule has 4 rings (SSSR count). The number of carbonyl (C=O) groups is 2. The Morgan fingerprint density at radius 2 is 1.82 bits per heavy atom. The molecule has 28 heavy (non-hydrogen) atoms. The molecule has 0 aliphatic carbocycles. The van der Waals surface area contributed by atoms with Gasteiger partial charge in [-0.3, -0.25) is 4.79 Å². The summed E-state index contributed by atoms with van der Waals surface area (Å²) in [5.74, 6) is -0.352. The van der Waals surface area contributed by atoms with Gasteiger partial charge in [-0.2, -0.15) is 0 Å². The average Bonchev–Trinajstić information content (AvgIpc) is 3.18. The molecule has 0 saturated heterocycles. The standard InChI is InChI=1S/C21H18N2O3S2/c24-19-21(23-20(25)26,13-14-7-2-1-3-8-14)18(17-11-6-12-27-17)28-16-10-5-4-9-15(16)22-19/h1-12,18,23H,13H2,(H,22,24)(H,25,26)/t18-,21-/m1/s1. The number of carbonyl (C=O) groups excluding carboxylic acids is 1. The second kappa shape index (κ2) is 7.69. The van der Waals surface area contributed by atoms with E-state index < -0.39 is 16.9 Å². The largest absolute Gasteiger partial charge is 0.465 e. The van der Waals surface area contributed by atoms with Crippen LogP contribution in [0.25, 0.3) is 0 Å². The second-order valence-corrected chi connectivity index (χ2v) is 8.65. The molecule has 2 amide bonds. The van der Waals surface area contributed by atoms with Gasteiger partial charge in [0.25, 0.3) is 5.91 Å². The Hall–Kier alpha value is -2.77. The van der Waals surface area contributed by atoms with E-state index in [9.17, 15) is 14.7 Å². The number of hydrogen-bond donors (Lipinski definition) is 3. The van der Waals surface area contributed by atoms with Gasteiger partial charge in [0.2, 0.25) is 0 Å². The molecule has 0 fully saturated rings. The van der Waals surface area contributed by atoms with Crippen molar-refractivity contribution in [3.05, 3.63) is 82.6 Å². The average molecular weight is 411 g/mol. The third-order valence-electron chi connectivity index (χ3n) is 4.69. The van der Waals surface area contributed by atoms with Gasteiger partial charge in [0.05, 0.1) is 10.9 Å². The zero-order valence-corrected chi connectivity index (χ0v) is 16.4. The first kappa shape index (κ1) is 18.6. The lowest BCUT2D eigenvalue weighted by atomic mass is 9.85. The van der Waals surface area contributed by atoms with Crippen LogP contribution in [0, 0.1) is 0 Å². The summed E-state index contributed by atoms with van der Waals surface area (Å²) >= 11 is 3.03. The van der Waals surface area contributed by atoms with Gasteiger partial charge < -0.3 is 15.7 Å². The highest BCUT2D eigenvalue weighted by atomic mass is 32.2. The molecule has 5 nitrogen and oxygen atoms in total. The van der Waals surface area contributed by atoms with Gasteiger partial charge in [0, 0.05) is 16.2 Å². The van der Waals surface area contributed by atoms with Crippen molar-refractivity contribution in [3.63, 3.8) is 0 Å². The minimum absolute atomic E-state index is 0.246. The van der Waals surface area contributed by atoms with E-state index in [1.165, 1.54) is 23.1 Å². The molecule has 0 radical (unpaired) electrons. The lowest BCUT2D eigenvalue weighted by Gasteiger charge is -2.37. The fourth-order valence-corrected chi connectivity index (χ4v) is 5.85. The van der Waals surface area contributed by atoms with Crippen molar-refractivity contribution < 1.29 is 14.7 Å². The van der Waals surface area contributed by atoms with Crippen molar-refractivity contribution in [1.82, 2.24) is 5.32 Å².